The Kier molecular flexibility index (Phi) is 23.2. The lowest BCUT2D eigenvalue weighted by atomic mass is 9.87. The zero-order chi connectivity index (χ0) is 71.2. The largest absolute Gasteiger partial charge is 0.495 e. The van der Waals surface area contributed by atoms with E-state index in [0.29, 0.717) is 70.7 Å². The van der Waals surface area contributed by atoms with Crippen LogP contribution in [0.25, 0.3) is 32.9 Å². The van der Waals surface area contributed by atoms with Crippen molar-refractivity contribution in [3.63, 3.8) is 0 Å². The van der Waals surface area contributed by atoms with Crippen molar-refractivity contribution >= 4 is 80.9 Å². The van der Waals surface area contributed by atoms with Crippen LogP contribution in [0.5, 0.6) is 5.75 Å². The second-order valence-corrected chi connectivity index (χ2v) is 26.0. The van der Waals surface area contributed by atoms with Gasteiger partial charge in [-0.25, -0.2) is 19.7 Å². The van der Waals surface area contributed by atoms with Gasteiger partial charge in [-0.15, -0.1) is 0 Å². The number of carboxylic acid groups (broad SMARTS) is 1. The minimum absolute atomic E-state index is 0.00131. The number of imide groups is 1. The molecule has 10 N–H and O–H groups in total. The molecule has 3 aromatic heterocycles. The maximum absolute atomic E-state index is 13.7. The zero-order valence-corrected chi connectivity index (χ0v) is 56.8. The molecular weight excluding hydrogens is 1290 g/mol. The molecule has 1 aliphatic carbocycles. The number of carbonyl (C=O) groups excluding carboxylic acids is 7. The molecule has 11 rings (SSSR count). The van der Waals surface area contributed by atoms with Crippen LogP contribution in [-0.4, -0.2) is 192 Å². The van der Waals surface area contributed by atoms with Crippen molar-refractivity contribution in [3.05, 3.63) is 148 Å². The van der Waals surface area contributed by atoms with Crippen LogP contribution < -0.4 is 57.7 Å². The third-order valence-electron chi connectivity index (χ3n) is 18.9. The van der Waals surface area contributed by atoms with E-state index in [1.54, 1.807) is 36.0 Å². The molecule has 1 saturated carbocycles. The zero-order valence-electron chi connectivity index (χ0n) is 56.8. The first-order valence-electron chi connectivity index (χ1n) is 34.0. The van der Waals surface area contributed by atoms with Gasteiger partial charge in [0.25, 0.3) is 5.56 Å². The maximum atomic E-state index is 13.7. The van der Waals surface area contributed by atoms with Crippen molar-refractivity contribution in [2.45, 2.75) is 100 Å². The van der Waals surface area contributed by atoms with Crippen LogP contribution in [0.15, 0.2) is 120 Å². The quantitative estimate of drug-likeness (QED) is 0.0184. The van der Waals surface area contributed by atoms with Gasteiger partial charge in [-0.1, -0.05) is 78.6 Å². The molecule has 28 heteroatoms. The second-order valence-electron chi connectivity index (χ2n) is 26.0. The predicted molar refractivity (Wildman–Crippen MR) is 376 cm³/mol. The number of pyridine rings is 1. The summed E-state index contributed by atoms with van der Waals surface area (Å²) in [6.45, 7) is 3.90. The van der Waals surface area contributed by atoms with Gasteiger partial charge >= 0.3 is 12.0 Å². The maximum Gasteiger partial charge on any atom is 0.332 e. The molecule has 101 heavy (non-hydrogen) atoms. The number of amides is 8. The van der Waals surface area contributed by atoms with Crippen LogP contribution in [-0.2, 0) is 62.1 Å². The van der Waals surface area contributed by atoms with Crippen LogP contribution in [0.2, 0.25) is 0 Å². The molecule has 2 atom stereocenters. The Morgan fingerprint density at radius 3 is 2.27 bits per heavy atom. The first-order chi connectivity index (χ1) is 48.8. The number of H-pyrrole nitrogens is 1. The highest BCUT2D eigenvalue weighted by Gasteiger charge is 2.45. The number of nitrogens with zero attached hydrogens (tertiary/aromatic N) is 7. The second kappa shape index (κ2) is 32.6. The molecule has 0 spiro atoms. The summed E-state index contributed by atoms with van der Waals surface area (Å²) in [6, 6.07) is 30.6. The van der Waals surface area contributed by atoms with Crippen molar-refractivity contribution in [2.24, 2.45) is 12.8 Å². The summed E-state index contributed by atoms with van der Waals surface area (Å²) in [6.07, 6.45) is 7.98. The fraction of sp³-hybridized carbons (Fsp3) is 0.411. The molecule has 530 valence electrons. The number of hydrogen-bond acceptors (Lipinski definition) is 18. The van der Waals surface area contributed by atoms with E-state index in [4.69, 9.17) is 35.0 Å². The number of carbonyl (C=O) groups is 8. The molecular formula is C73H85N15O13. The number of anilines is 2. The van der Waals surface area contributed by atoms with E-state index in [0.717, 1.165) is 84.2 Å². The minimum Gasteiger partial charge on any atom is -0.495 e. The van der Waals surface area contributed by atoms with Gasteiger partial charge in [-0.2, -0.15) is 0 Å². The standard InChI is InChI=1S/C73H85N15O13/c1-72(80-30-10-13-48-16-21-59(99-3)58(38-48)87-34-27-64(93)88(71(87)98)45-78-60(89)22-23-65(94)95)28-35-85(36-29-72)51-25-32-86(33-26-51)70-82-56-20-17-49(55-43-84(2)69(97)66-53(55)24-31-75-66)39-54(56)67(83-70)73(101-52-18-19-52,50-14-8-5-9-15-50)44-100-46-79-62(91)41-77-68(96)57(37-47-11-6-4-7-12-47)81-63(92)42-76-61(90)40-74/h4-9,11-12,14-17,20-21,24,31,38-39,43,51-52,57,75,80H,18-19,22-23,25-30,32-37,40-42,44-46,74H2,1-3H3,(H,76,90)(H,77,96)(H,78,89)(H,79,91)(H,81,92)(H,94,95)/t57-,73-/m0/s1. The van der Waals surface area contributed by atoms with Crippen molar-refractivity contribution in [2.75, 3.05) is 95.8 Å². The van der Waals surface area contributed by atoms with Gasteiger partial charge in [0.15, 0.2) is 5.60 Å². The highest BCUT2D eigenvalue weighted by Crippen LogP contribution is 2.44. The van der Waals surface area contributed by atoms with Gasteiger partial charge in [0.05, 0.1) is 69.3 Å². The number of methoxy groups -OCH3 is 1. The number of aliphatic carboxylic acids is 1. The average Bonchev–Trinajstić information content (AvgIpc) is 1.64. The van der Waals surface area contributed by atoms with Crippen LogP contribution >= 0.6 is 0 Å². The number of piperidine rings is 2. The van der Waals surface area contributed by atoms with Crippen molar-refractivity contribution in [1.29, 1.82) is 0 Å². The van der Waals surface area contributed by atoms with Crippen LogP contribution in [0.3, 0.4) is 0 Å². The van der Waals surface area contributed by atoms with Crippen LogP contribution in [0.1, 0.15) is 87.1 Å². The summed E-state index contributed by atoms with van der Waals surface area (Å²) in [5.41, 5.74) is 9.57. The highest BCUT2D eigenvalue weighted by atomic mass is 16.6. The molecule has 6 heterocycles. The molecule has 0 bridgehead atoms. The molecule has 4 aromatic carbocycles. The summed E-state index contributed by atoms with van der Waals surface area (Å²) < 4.78 is 21.0. The summed E-state index contributed by atoms with van der Waals surface area (Å²) in [5.74, 6) is 2.88. The molecule has 8 amide bonds. The average molecular weight is 1380 g/mol. The summed E-state index contributed by atoms with van der Waals surface area (Å²) in [5, 5.41) is 27.0. The molecule has 0 radical (unpaired) electrons. The van der Waals surface area contributed by atoms with E-state index >= 15 is 0 Å². The van der Waals surface area contributed by atoms with Crippen molar-refractivity contribution in [1.82, 2.24) is 61.2 Å². The molecule has 4 fully saturated rings. The molecule has 3 aliphatic heterocycles. The summed E-state index contributed by atoms with van der Waals surface area (Å²) in [4.78, 5) is 136. The molecule has 4 aliphatic rings. The SMILES string of the molecule is COc1ccc(C#CCNC2(C)CCN(C3CCN(c4nc([C@@](COCNC(=O)CNC(=O)[C@H](Cc5ccccc5)NC(=O)CNC(=O)CN)(OC5CC5)c5ccccc5)c5cc(-c6cn(C)c(=O)c7[nH]ccc67)ccc5n4)CC3)CC2)cc1N1CCC(=O)N(CNC(=O)CCC(=O)O)C1=O. The molecule has 28 nitrogen and oxygen atoms in total. The topological polar surface area (TPSA) is 359 Å². The highest BCUT2D eigenvalue weighted by molar-refractivity contribution is 6.06. The Labute approximate surface area is 583 Å². The Morgan fingerprint density at radius 2 is 1.54 bits per heavy atom. The number of urea groups is 1. The van der Waals surface area contributed by atoms with Crippen LogP contribution in [0.4, 0.5) is 16.4 Å². The third kappa shape index (κ3) is 17.7. The number of carboxylic acids is 1. The number of nitrogens with one attached hydrogen (secondary N) is 7. The first kappa shape index (κ1) is 71.7. The van der Waals surface area contributed by atoms with E-state index in [2.05, 4.69) is 65.4 Å². The molecule has 7 aromatic rings. The fourth-order valence-electron chi connectivity index (χ4n) is 13.0. The number of rotatable bonds is 29. The van der Waals surface area contributed by atoms with Gasteiger partial charge in [0.2, 0.25) is 41.4 Å². The summed E-state index contributed by atoms with van der Waals surface area (Å²) in [7, 11) is 3.21. The normalized spacial score (nSPS) is 16.6. The van der Waals surface area contributed by atoms with E-state index in [1.807, 2.05) is 91.1 Å². The number of hydrogen-bond donors (Lipinski definition) is 9. The molecule has 0 unspecified atom stereocenters. The predicted octanol–water partition coefficient (Wildman–Crippen LogP) is 3.48. The summed E-state index contributed by atoms with van der Waals surface area (Å²) >= 11 is 0. The van der Waals surface area contributed by atoms with Crippen molar-refractivity contribution in [3.8, 4) is 28.7 Å². The van der Waals surface area contributed by atoms with Gasteiger partial charge < -0.3 is 76.3 Å². The van der Waals surface area contributed by atoms with E-state index in [1.165, 1.54) is 12.0 Å². The lowest BCUT2D eigenvalue weighted by Gasteiger charge is -2.45. The Hall–Kier alpha value is -10.6. The monoisotopic (exact) mass is 1380 g/mol. The van der Waals surface area contributed by atoms with Gasteiger partial charge in [0.1, 0.15) is 30.7 Å². The van der Waals surface area contributed by atoms with E-state index < -0.39 is 78.8 Å². The lowest BCUT2D eigenvalue weighted by Crippen LogP contribution is -2.55. The number of fused-ring (bicyclic) bond motifs is 2. The first-order valence-corrected chi connectivity index (χ1v) is 34.0. The Balaban J connectivity index is 0.770. The number of likely N-dealkylation sites (tertiary alicyclic amines) is 1. The van der Waals surface area contributed by atoms with Gasteiger partial charge in [0, 0.05) is 105 Å². The third-order valence-corrected chi connectivity index (χ3v) is 18.9. The Morgan fingerprint density at radius 1 is 0.802 bits per heavy atom. The number of aromatic amines is 1. The van der Waals surface area contributed by atoms with Gasteiger partial charge in [-0.3, -0.25) is 43.3 Å². The van der Waals surface area contributed by atoms with E-state index in [-0.39, 0.29) is 69.3 Å². The van der Waals surface area contributed by atoms with Gasteiger partial charge in [-0.05, 0) is 98.5 Å². The molecule has 3 saturated heterocycles. The Bertz CT molecular complexity index is 4330. The smallest absolute Gasteiger partial charge is 0.332 e. The lowest BCUT2D eigenvalue weighted by molar-refractivity contribution is -0.139. The fourth-order valence-corrected chi connectivity index (χ4v) is 13.0. The number of benzene rings is 4. The van der Waals surface area contributed by atoms with E-state index in [9.17, 15) is 43.2 Å². The van der Waals surface area contributed by atoms with Crippen molar-refractivity contribution < 1.29 is 57.7 Å². The number of ether oxygens (including phenoxy) is 3. The number of aromatic nitrogens is 4. The number of aryl methyl sites for hydroxylation is 1. The minimum atomic E-state index is -1.37. The number of nitrogens with two attached hydrogens (primary N) is 1. The van der Waals surface area contributed by atoms with Crippen LogP contribution in [0, 0.1) is 11.8 Å².